The zero-order chi connectivity index (χ0) is 25.6. The maximum atomic E-state index is 13.7. The second-order valence-corrected chi connectivity index (χ2v) is 9.44. The molecular weight excluding hydrogens is 459 g/mol. The summed E-state index contributed by atoms with van der Waals surface area (Å²) < 4.78 is 20.7. The molecule has 5 rings (SSSR count). The fraction of sp³-hybridized carbons (Fsp3) is 0.333. The fourth-order valence-electron chi connectivity index (χ4n) is 5.12. The van der Waals surface area contributed by atoms with Crippen LogP contribution in [0.25, 0.3) is 15.9 Å². The molecule has 4 aromatic rings. The first-order chi connectivity index (χ1) is 17.3. The largest absolute Gasteiger partial charge is 0.362 e. The molecule has 1 aliphatic heterocycles. The highest BCUT2D eigenvalue weighted by atomic mass is 19.1. The molecule has 1 aliphatic rings. The van der Waals surface area contributed by atoms with Crippen molar-refractivity contribution in [2.45, 2.75) is 38.9 Å². The third-order valence-electron chi connectivity index (χ3n) is 6.96. The molecule has 0 radical (unpaired) electrons. The third-order valence-corrected chi connectivity index (χ3v) is 6.96. The number of aromatic nitrogens is 3. The lowest BCUT2D eigenvalue weighted by molar-refractivity contribution is 0.125. The summed E-state index contributed by atoms with van der Waals surface area (Å²) in [7, 11) is 1.71. The highest BCUT2D eigenvalue weighted by Gasteiger charge is 2.37. The maximum absolute atomic E-state index is 13.7. The minimum absolute atomic E-state index is 0.0193. The summed E-state index contributed by atoms with van der Waals surface area (Å²) in [5, 5.41) is 4.30. The van der Waals surface area contributed by atoms with Gasteiger partial charge in [-0.2, -0.15) is 0 Å². The first-order valence-corrected chi connectivity index (χ1v) is 11.9. The van der Waals surface area contributed by atoms with Gasteiger partial charge in [0.1, 0.15) is 17.3 Å². The number of benzene rings is 1. The highest BCUT2D eigenvalue weighted by molar-refractivity contribution is 5.89. The van der Waals surface area contributed by atoms with Crippen molar-refractivity contribution in [3.05, 3.63) is 93.1 Å². The van der Waals surface area contributed by atoms with Crippen LogP contribution in [0.2, 0.25) is 0 Å². The number of pyridine rings is 2. The molecule has 0 aliphatic carbocycles. The maximum Gasteiger partial charge on any atom is 0.270 e. The normalized spacial score (nSPS) is 19.4. The van der Waals surface area contributed by atoms with E-state index in [-0.39, 0.29) is 29.5 Å². The molecule has 0 amide bonds. The van der Waals surface area contributed by atoms with Crippen molar-refractivity contribution in [2.24, 2.45) is 7.05 Å². The monoisotopic (exact) mass is 486 g/mol. The Balaban J connectivity index is 1.55. The van der Waals surface area contributed by atoms with E-state index in [1.807, 2.05) is 13.0 Å². The lowest BCUT2D eigenvalue weighted by Crippen LogP contribution is -2.57. The van der Waals surface area contributed by atoms with Crippen molar-refractivity contribution in [3.63, 3.8) is 0 Å². The summed E-state index contributed by atoms with van der Waals surface area (Å²) in [6.07, 6.45) is 0. The summed E-state index contributed by atoms with van der Waals surface area (Å²) in [6.45, 7) is 14.8. The van der Waals surface area contributed by atoms with E-state index in [2.05, 4.69) is 38.6 Å². The van der Waals surface area contributed by atoms with Crippen LogP contribution in [0, 0.1) is 19.3 Å². The Hall–Kier alpha value is -4.03. The smallest absolute Gasteiger partial charge is 0.270 e. The molecule has 1 aromatic carbocycles. The molecule has 4 heterocycles. The first kappa shape index (κ1) is 23.7. The van der Waals surface area contributed by atoms with Gasteiger partial charge in [0.05, 0.1) is 17.2 Å². The zero-order valence-corrected chi connectivity index (χ0v) is 20.6. The summed E-state index contributed by atoms with van der Waals surface area (Å²) >= 11 is 0. The zero-order valence-electron chi connectivity index (χ0n) is 20.6. The Bertz CT molecular complexity index is 1520. The number of rotatable bonds is 4. The molecule has 3 aromatic heterocycles. The van der Waals surface area contributed by atoms with Gasteiger partial charge in [0.2, 0.25) is 5.52 Å². The van der Waals surface area contributed by atoms with Gasteiger partial charge in [-0.1, -0.05) is 23.9 Å². The van der Waals surface area contributed by atoms with E-state index in [9.17, 15) is 9.18 Å². The van der Waals surface area contributed by atoms with E-state index in [1.165, 1.54) is 12.1 Å². The van der Waals surface area contributed by atoms with E-state index in [1.54, 1.807) is 41.9 Å². The molecule has 36 heavy (non-hydrogen) atoms. The highest BCUT2D eigenvalue weighted by Crippen LogP contribution is 2.36. The minimum atomic E-state index is -0.288. The Morgan fingerprint density at radius 2 is 1.86 bits per heavy atom. The van der Waals surface area contributed by atoms with Gasteiger partial charge < -0.3 is 18.8 Å². The molecule has 0 saturated carbocycles. The quantitative estimate of drug-likeness (QED) is 0.393. The molecule has 9 heteroatoms. The van der Waals surface area contributed by atoms with Crippen LogP contribution in [0.4, 0.5) is 15.9 Å². The number of anilines is 1. The van der Waals surface area contributed by atoms with Gasteiger partial charge in [-0.15, -0.1) is 4.98 Å². The van der Waals surface area contributed by atoms with Crippen molar-refractivity contribution >= 4 is 22.5 Å². The molecular formula is C27H27FN6O2. The number of nitrogens with zero attached hydrogens (tertiary/aromatic N) is 6. The Kier molecular flexibility index (Phi) is 6.06. The molecule has 0 N–H and O–H groups in total. The molecule has 1 saturated heterocycles. The number of halogens is 1. The molecule has 184 valence electrons. The average Bonchev–Trinajstić information content (AvgIpc) is 3.30. The van der Waals surface area contributed by atoms with Crippen molar-refractivity contribution in [1.82, 2.24) is 19.6 Å². The van der Waals surface area contributed by atoms with E-state index < -0.39 is 0 Å². The second-order valence-electron chi connectivity index (χ2n) is 9.44. The average molecular weight is 487 g/mol. The predicted molar refractivity (Wildman–Crippen MR) is 136 cm³/mol. The molecule has 0 spiro atoms. The number of fused-ring (bicyclic) bond motifs is 1. The lowest BCUT2D eigenvalue weighted by atomic mass is 9.96. The van der Waals surface area contributed by atoms with Crippen molar-refractivity contribution in [2.75, 3.05) is 18.0 Å². The van der Waals surface area contributed by atoms with Gasteiger partial charge in [0, 0.05) is 44.4 Å². The van der Waals surface area contributed by atoms with Crippen LogP contribution in [-0.4, -0.2) is 44.8 Å². The Morgan fingerprint density at radius 3 is 2.53 bits per heavy atom. The van der Waals surface area contributed by atoms with E-state index in [0.29, 0.717) is 35.7 Å². The second kappa shape index (κ2) is 9.21. The van der Waals surface area contributed by atoms with E-state index in [0.717, 1.165) is 16.9 Å². The van der Waals surface area contributed by atoms with Crippen LogP contribution in [0.15, 0.2) is 57.8 Å². The summed E-state index contributed by atoms with van der Waals surface area (Å²) in [4.78, 5) is 25.4. The Labute approximate surface area is 208 Å². The van der Waals surface area contributed by atoms with Crippen LogP contribution in [0.1, 0.15) is 36.9 Å². The number of aryl methyl sites for hydroxylation is 2. The first-order valence-electron chi connectivity index (χ1n) is 11.9. The van der Waals surface area contributed by atoms with Crippen LogP contribution >= 0.6 is 0 Å². The summed E-state index contributed by atoms with van der Waals surface area (Å²) in [6, 6.07) is 13.3. The van der Waals surface area contributed by atoms with Gasteiger partial charge in [-0.05, 0) is 50.6 Å². The molecule has 1 unspecified atom stereocenters. The number of piperazine rings is 1. The molecule has 1 fully saturated rings. The fourth-order valence-corrected chi connectivity index (χ4v) is 5.12. The third kappa shape index (κ3) is 4.14. The van der Waals surface area contributed by atoms with Crippen molar-refractivity contribution in [3.8, 4) is 0 Å². The lowest BCUT2D eigenvalue weighted by Gasteiger charge is -2.47. The van der Waals surface area contributed by atoms with Gasteiger partial charge in [-0.25, -0.2) is 4.39 Å². The predicted octanol–water partition coefficient (Wildman–Crippen LogP) is 4.61. The van der Waals surface area contributed by atoms with Gasteiger partial charge in [0.15, 0.2) is 0 Å². The summed E-state index contributed by atoms with van der Waals surface area (Å²) in [5.41, 5.74) is 3.64. The van der Waals surface area contributed by atoms with Crippen LogP contribution in [0.5, 0.6) is 0 Å². The number of hydrogen-bond donors (Lipinski definition) is 0. The van der Waals surface area contributed by atoms with Crippen LogP contribution in [0.3, 0.4) is 0 Å². The number of hydrogen-bond acceptors (Lipinski definition) is 6. The topological polar surface area (TPSA) is 71.8 Å². The molecule has 3 atom stereocenters. The van der Waals surface area contributed by atoms with Crippen molar-refractivity contribution in [1.29, 1.82) is 0 Å². The van der Waals surface area contributed by atoms with E-state index >= 15 is 0 Å². The minimum Gasteiger partial charge on any atom is -0.362 e. The standard InChI is InChI=1S/C27H27FN6O2/c1-16-15-34(27(21-12-18(3)36-31-21)19-6-8-20(28)9-7-19)17(2)14-33(16)23-13-25(35)32(5)22-10-11-24(29-4)30-26(22)23/h6-13,16-17,27H,14-15H2,1-3,5H3/t16-,17+,27?/m0/s1. The van der Waals surface area contributed by atoms with Gasteiger partial charge in [-0.3, -0.25) is 9.69 Å². The molecule has 0 bridgehead atoms. The van der Waals surface area contributed by atoms with Crippen LogP contribution in [-0.2, 0) is 7.05 Å². The van der Waals surface area contributed by atoms with Crippen molar-refractivity contribution < 1.29 is 8.91 Å². The van der Waals surface area contributed by atoms with Crippen LogP contribution < -0.4 is 10.5 Å². The SMILES string of the molecule is [C-]#[N+]c1ccc2c(n1)c(N1C[C@@H](C)N(C(c3ccc(F)cc3)c3cc(C)on3)C[C@@H]1C)cc(=O)n2C. The van der Waals surface area contributed by atoms with E-state index in [4.69, 9.17) is 11.1 Å². The molecule has 8 nitrogen and oxygen atoms in total. The summed E-state index contributed by atoms with van der Waals surface area (Å²) in [5.74, 6) is 0.716. The van der Waals surface area contributed by atoms with Gasteiger partial charge in [0.25, 0.3) is 11.4 Å². The Morgan fingerprint density at radius 1 is 1.11 bits per heavy atom. The van der Waals surface area contributed by atoms with Gasteiger partial charge >= 0.3 is 0 Å².